The largest absolute Gasteiger partial charge is 0.339 e. The van der Waals surface area contributed by atoms with Gasteiger partial charge >= 0.3 is 0 Å². The summed E-state index contributed by atoms with van der Waals surface area (Å²) in [6, 6.07) is 15.4. The molecule has 0 aliphatic carbocycles. The molecule has 162 valence electrons. The lowest BCUT2D eigenvalue weighted by Crippen LogP contribution is -2.30. The molecule has 0 saturated heterocycles. The number of benzene rings is 2. The zero-order chi connectivity index (χ0) is 22.5. The first-order valence-electron chi connectivity index (χ1n) is 10.6. The number of hydrogen-bond donors (Lipinski definition) is 1. The number of nitrogens with zero attached hydrogens (tertiary/aromatic N) is 3. The summed E-state index contributed by atoms with van der Waals surface area (Å²) >= 11 is 0. The van der Waals surface area contributed by atoms with Crippen LogP contribution < -0.4 is 5.32 Å². The van der Waals surface area contributed by atoms with Crippen LogP contribution in [0.1, 0.15) is 57.1 Å². The molecule has 3 rings (SSSR count). The summed E-state index contributed by atoms with van der Waals surface area (Å²) in [5.41, 5.74) is 5.54. The van der Waals surface area contributed by atoms with Crippen molar-refractivity contribution in [3.63, 3.8) is 0 Å². The van der Waals surface area contributed by atoms with Crippen molar-refractivity contribution < 1.29 is 9.59 Å². The zero-order valence-electron chi connectivity index (χ0n) is 18.9. The van der Waals surface area contributed by atoms with Crippen LogP contribution in [0.4, 0.5) is 5.69 Å². The lowest BCUT2D eigenvalue weighted by Gasteiger charge is -2.19. The Morgan fingerprint density at radius 2 is 1.68 bits per heavy atom. The SMILES string of the molecule is CCN(CC)C(=O)c1cccc(NC(=O)c2c(C)nn(Cc3ccc(C)cc3)c2C)c1. The molecule has 1 aromatic heterocycles. The van der Waals surface area contributed by atoms with E-state index in [1.54, 1.807) is 29.2 Å². The third-order valence-electron chi connectivity index (χ3n) is 5.48. The van der Waals surface area contributed by atoms with E-state index in [0.29, 0.717) is 42.1 Å². The van der Waals surface area contributed by atoms with E-state index in [1.165, 1.54) is 5.56 Å². The Bertz CT molecular complexity index is 1080. The highest BCUT2D eigenvalue weighted by atomic mass is 16.2. The average molecular weight is 419 g/mol. The highest BCUT2D eigenvalue weighted by Crippen LogP contribution is 2.19. The zero-order valence-corrected chi connectivity index (χ0v) is 18.9. The smallest absolute Gasteiger partial charge is 0.259 e. The van der Waals surface area contributed by atoms with Gasteiger partial charge in [0, 0.05) is 30.0 Å². The van der Waals surface area contributed by atoms with Crippen LogP contribution in [0, 0.1) is 20.8 Å². The maximum Gasteiger partial charge on any atom is 0.259 e. The minimum Gasteiger partial charge on any atom is -0.339 e. The Balaban J connectivity index is 1.79. The first-order chi connectivity index (χ1) is 14.8. The third-order valence-corrected chi connectivity index (χ3v) is 5.48. The van der Waals surface area contributed by atoms with Crippen LogP contribution in [0.2, 0.25) is 0 Å². The molecule has 0 spiro atoms. The fourth-order valence-electron chi connectivity index (χ4n) is 3.66. The summed E-state index contributed by atoms with van der Waals surface area (Å²) in [6.07, 6.45) is 0. The van der Waals surface area contributed by atoms with E-state index >= 15 is 0 Å². The first kappa shape index (κ1) is 22.3. The van der Waals surface area contributed by atoms with Gasteiger partial charge in [-0.05, 0) is 58.4 Å². The fourth-order valence-corrected chi connectivity index (χ4v) is 3.66. The molecule has 0 fully saturated rings. The van der Waals surface area contributed by atoms with Crippen LogP contribution in [0.5, 0.6) is 0 Å². The summed E-state index contributed by atoms with van der Waals surface area (Å²) in [5, 5.41) is 7.51. The number of hydrogen-bond acceptors (Lipinski definition) is 3. The topological polar surface area (TPSA) is 67.2 Å². The van der Waals surface area contributed by atoms with Crippen molar-refractivity contribution in [2.45, 2.75) is 41.2 Å². The predicted molar refractivity (Wildman–Crippen MR) is 124 cm³/mol. The van der Waals surface area contributed by atoms with Crippen molar-refractivity contribution in [2.24, 2.45) is 0 Å². The van der Waals surface area contributed by atoms with Crippen molar-refractivity contribution in [1.29, 1.82) is 0 Å². The van der Waals surface area contributed by atoms with E-state index in [0.717, 1.165) is 11.3 Å². The quantitative estimate of drug-likeness (QED) is 0.610. The van der Waals surface area contributed by atoms with Gasteiger partial charge in [0.25, 0.3) is 11.8 Å². The van der Waals surface area contributed by atoms with Gasteiger partial charge in [-0.2, -0.15) is 5.10 Å². The first-order valence-corrected chi connectivity index (χ1v) is 10.6. The van der Waals surface area contributed by atoms with Gasteiger partial charge in [0.2, 0.25) is 0 Å². The lowest BCUT2D eigenvalue weighted by molar-refractivity contribution is 0.0772. The number of carbonyl (C=O) groups excluding carboxylic acids is 2. The van der Waals surface area contributed by atoms with Gasteiger partial charge in [-0.3, -0.25) is 14.3 Å². The Morgan fingerprint density at radius 3 is 2.32 bits per heavy atom. The van der Waals surface area contributed by atoms with Gasteiger partial charge in [-0.1, -0.05) is 35.9 Å². The maximum atomic E-state index is 13.0. The monoisotopic (exact) mass is 418 g/mol. The summed E-state index contributed by atoms with van der Waals surface area (Å²) in [6.45, 7) is 11.6. The number of nitrogens with one attached hydrogen (secondary N) is 1. The van der Waals surface area contributed by atoms with Gasteiger partial charge < -0.3 is 10.2 Å². The molecule has 0 saturated carbocycles. The normalized spacial score (nSPS) is 10.7. The number of carbonyl (C=O) groups is 2. The Hall–Kier alpha value is -3.41. The van der Waals surface area contributed by atoms with E-state index in [4.69, 9.17) is 0 Å². The van der Waals surface area contributed by atoms with Crippen LogP contribution in [0.3, 0.4) is 0 Å². The van der Waals surface area contributed by atoms with Gasteiger partial charge in [-0.25, -0.2) is 0 Å². The molecule has 6 heteroatoms. The molecule has 2 amide bonds. The molecule has 3 aromatic rings. The second-order valence-corrected chi connectivity index (χ2v) is 7.70. The summed E-state index contributed by atoms with van der Waals surface area (Å²) in [4.78, 5) is 27.4. The highest BCUT2D eigenvalue weighted by Gasteiger charge is 2.20. The Kier molecular flexibility index (Phi) is 6.90. The van der Waals surface area contributed by atoms with Crippen LogP contribution in [-0.4, -0.2) is 39.6 Å². The van der Waals surface area contributed by atoms with Crippen molar-refractivity contribution in [3.8, 4) is 0 Å². The van der Waals surface area contributed by atoms with E-state index in [1.807, 2.05) is 32.4 Å². The van der Waals surface area contributed by atoms with Crippen LogP contribution >= 0.6 is 0 Å². The standard InChI is InChI=1S/C25H30N4O2/c1-6-28(7-2)25(31)21-9-8-10-22(15-21)26-24(30)23-18(4)27-29(19(23)5)16-20-13-11-17(3)12-14-20/h8-15H,6-7,16H2,1-5H3,(H,26,30). The second-order valence-electron chi connectivity index (χ2n) is 7.70. The van der Waals surface area contributed by atoms with Gasteiger partial charge in [-0.15, -0.1) is 0 Å². The summed E-state index contributed by atoms with van der Waals surface area (Å²) in [7, 11) is 0. The summed E-state index contributed by atoms with van der Waals surface area (Å²) in [5.74, 6) is -0.267. The van der Waals surface area contributed by atoms with Crippen molar-refractivity contribution in [3.05, 3.63) is 82.2 Å². The molecule has 0 aliphatic rings. The average Bonchev–Trinajstić information content (AvgIpc) is 3.03. The van der Waals surface area contributed by atoms with Crippen LogP contribution in [0.25, 0.3) is 0 Å². The van der Waals surface area contributed by atoms with E-state index < -0.39 is 0 Å². The molecule has 31 heavy (non-hydrogen) atoms. The minimum absolute atomic E-state index is 0.0422. The van der Waals surface area contributed by atoms with Crippen molar-refractivity contribution in [2.75, 3.05) is 18.4 Å². The number of rotatable bonds is 7. The third kappa shape index (κ3) is 5.02. The molecule has 0 bridgehead atoms. The molecule has 0 radical (unpaired) electrons. The number of aryl methyl sites for hydroxylation is 2. The molecule has 0 unspecified atom stereocenters. The summed E-state index contributed by atoms with van der Waals surface area (Å²) < 4.78 is 1.86. The second kappa shape index (κ2) is 9.60. The minimum atomic E-state index is -0.224. The van der Waals surface area contributed by atoms with E-state index in [2.05, 4.69) is 41.6 Å². The predicted octanol–water partition coefficient (Wildman–Crippen LogP) is 4.59. The van der Waals surface area contributed by atoms with Crippen molar-refractivity contribution in [1.82, 2.24) is 14.7 Å². The van der Waals surface area contributed by atoms with Crippen molar-refractivity contribution >= 4 is 17.5 Å². The van der Waals surface area contributed by atoms with E-state index in [-0.39, 0.29) is 11.8 Å². The number of anilines is 1. The van der Waals surface area contributed by atoms with Gasteiger partial charge in [0.15, 0.2) is 0 Å². The molecule has 6 nitrogen and oxygen atoms in total. The lowest BCUT2D eigenvalue weighted by atomic mass is 10.1. The number of aromatic nitrogens is 2. The fraction of sp³-hybridized carbons (Fsp3) is 0.320. The van der Waals surface area contributed by atoms with Crippen LogP contribution in [0.15, 0.2) is 48.5 Å². The Labute approximate surface area is 183 Å². The van der Waals surface area contributed by atoms with Crippen LogP contribution in [-0.2, 0) is 6.54 Å². The number of amides is 2. The highest BCUT2D eigenvalue weighted by molar-refractivity contribution is 6.06. The van der Waals surface area contributed by atoms with Gasteiger partial charge in [0.05, 0.1) is 17.8 Å². The van der Waals surface area contributed by atoms with Gasteiger partial charge in [0.1, 0.15) is 0 Å². The van der Waals surface area contributed by atoms with E-state index in [9.17, 15) is 9.59 Å². The molecule has 1 N–H and O–H groups in total. The molecule has 0 atom stereocenters. The molecule has 1 heterocycles. The Morgan fingerprint density at radius 1 is 1.00 bits per heavy atom. The molecular weight excluding hydrogens is 388 g/mol. The molecular formula is C25H30N4O2. The molecule has 0 aliphatic heterocycles. The molecule has 2 aromatic carbocycles. The maximum absolute atomic E-state index is 13.0.